The Kier molecular flexibility index (Phi) is 5.42. The molecule has 5 nitrogen and oxygen atoms in total. The summed E-state index contributed by atoms with van der Waals surface area (Å²) in [6, 6.07) is 6.73. The van der Waals surface area contributed by atoms with E-state index >= 15 is 0 Å². The quantitative estimate of drug-likeness (QED) is 0.873. The highest BCUT2D eigenvalue weighted by Gasteiger charge is 2.14. The molecule has 2 aromatic rings. The zero-order chi connectivity index (χ0) is 17.6. The Morgan fingerprint density at radius 3 is 2.76 bits per heavy atom. The molecule has 1 aliphatic heterocycles. The van der Waals surface area contributed by atoms with E-state index in [2.05, 4.69) is 15.2 Å². The second-order valence-corrected chi connectivity index (χ2v) is 5.86. The number of rotatable bonds is 6. The minimum absolute atomic E-state index is 0.156. The van der Waals surface area contributed by atoms with Gasteiger partial charge in [-0.2, -0.15) is 0 Å². The van der Waals surface area contributed by atoms with Gasteiger partial charge in [0.05, 0.1) is 0 Å². The van der Waals surface area contributed by atoms with Crippen LogP contribution in [0.2, 0.25) is 0 Å². The molecule has 1 fully saturated rings. The van der Waals surface area contributed by atoms with E-state index < -0.39 is 11.6 Å². The Labute approximate surface area is 144 Å². The minimum atomic E-state index is -0.836. The summed E-state index contributed by atoms with van der Waals surface area (Å²) in [5.74, 6) is -1.16. The molecule has 1 aromatic heterocycles. The molecule has 1 aliphatic rings. The number of anilines is 1. The summed E-state index contributed by atoms with van der Waals surface area (Å²) < 4.78 is 31.3. The average molecular weight is 347 g/mol. The Hall–Kier alpha value is -2.70. The number of ether oxygens (including phenoxy) is 1. The molecule has 1 N–H and O–H groups in total. The summed E-state index contributed by atoms with van der Waals surface area (Å²) in [7, 11) is 0. The predicted molar refractivity (Wildman–Crippen MR) is 89.4 cm³/mol. The molecule has 1 amide bonds. The Bertz CT molecular complexity index is 749. The van der Waals surface area contributed by atoms with Gasteiger partial charge in [0.25, 0.3) is 5.91 Å². The second kappa shape index (κ2) is 7.92. The summed E-state index contributed by atoms with van der Waals surface area (Å²) in [4.78, 5) is 18.4. The van der Waals surface area contributed by atoms with E-state index in [4.69, 9.17) is 4.74 Å². The maximum absolute atomic E-state index is 13.4. The number of hydrogen-bond acceptors (Lipinski definition) is 4. The first-order chi connectivity index (χ1) is 12.1. The van der Waals surface area contributed by atoms with Crippen LogP contribution >= 0.6 is 0 Å². The number of nitrogens with zero attached hydrogens (tertiary/aromatic N) is 2. The van der Waals surface area contributed by atoms with Crippen molar-refractivity contribution in [1.82, 2.24) is 10.3 Å². The molecular weight excluding hydrogens is 328 g/mol. The molecular formula is C18H19F2N3O2. The van der Waals surface area contributed by atoms with Crippen molar-refractivity contribution < 1.29 is 18.3 Å². The van der Waals surface area contributed by atoms with Crippen molar-refractivity contribution in [2.24, 2.45) is 0 Å². The largest absolute Gasteiger partial charge is 0.481 e. The van der Waals surface area contributed by atoms with E-state index in [1.165, 1.54) is 12.8 Å². The molecule has 0 spiro atoms. The van der Waals surface area contributed by atoms with Crippen LogP contribution in [-0.4, -0.2) is 30.6 Å². The van der Waals surface area contributed by atoms with Gasteiger partial charge in [-0.1, -0.05) is 0 Å². The fraction of sp³-hybridized carbons (Fsp3) is 0.333. The van der Waals surface area contributed by atoms with Gasteiger partial charge in [0.2, 0.25) is 0 Å². The number of benzene rings is 1. The van der Waals surface area contributed by atoms with Crippen LogP contribution in [0.15, 0.2) is 36.5 Å². The number of amides is 1. The highest BCUT2D eigenvalue weighted by molar-refractivity contribution is 5.77. The summed E-state index contributed by atoms with van der Waals surface area (Å²) in [6.45, 7) is 1.99. The zero-order valence-electron chi connectivity index (χ0n) is 13.7. The highest BCUT2D eigenvalue weighted by Crippen LogP contribution is 2.19. The molecule has 0 aliphatic carbocycles. The molecule has 0 saturated carbocycles. The molecule has 0 unspecified atom stereocenters. The third-order valence-corrected chi connectivity index (χ3v) is 3.98. The van der Waals surface area contributed by atoms with Crippen molar-refractivity contribution >= 4 is 11.7 Å². The van der Waals surface area contributed by atoms with E-state index in [0.717, 1.165) is 36.6 Å². The number of aromatic nitrogens is 1. The smallest absolute Gasteiger partial charge is 0.258 e. The van der Waals surface area contributed by atoms with Crippen molar-refractivity contribution in [3.63, 3.8) is 0 Å². The molecule has 2 heterocycles. The lowest BCUT2D eigenvalue weighted by atomic mass is 10.2. The van der Waals surface area contributed by atoms with Crippen LogP contribution < -0.4 is 15.0 Å². The van der Waals surface area contributed by atoms with Gasteiger partial charge in [0.1, 0.15) is 11.6 Å². The van der Waals surface area contributed by atoms with Gasteiger partial charge in [-0.15, -0.1) is 0 Å². The molecule has 25 heavy (non-hydrogen) atoms. The predicted octanol–water partition coefficient (Wildman–Crippen LogP) is 2.66. The normalized spacial score (nSPS) is 13.8. The number of carbonyl (C=O) groups is 1. The average Bonchev–Trinajstić information content (AvgIpc) is 3.14. The Balaban J connectivity index is 1.49. The fourth-order valence-electron chi connectivity index (χ4n) is 2.68. The summed E-state index contributed by atoms with van der Waals surface area (Å²) in [5, 5.41) is 2.71. The van der Waals surface area contributed by atoms with Crippen molar-refractivity contribution in [2.45, 2.75) is 19.4 Å². The third kappa shape index (κ3) is 4.65. The monoisotopic (exact) mass is 347 g/mol. The third-order valence-electron chi connectivity index (χ3n) is 3.98. The lowest BCUT2D eigenvalue weighted by molar-refractivity contribution is -0.123. The maximum atomic E-state index is 13.4. The lowest BCUT2D eigenvalue weighted by Gasteiger charge is -2.17. The van der Waals surface area contributed by atoms with E-state index in [1.807, 2.05) is 12.1 Å². The number of hydrogen-bond donors (Lipinski definition) is 1. The highest BCUT2D eigenvalue weighted by atomic mass is 19.1. The fourth-order valence-corrected chi connectivity index (χ4v) is 2.68. The Morgan fingerprint density at radius 1 is 1.20 bits per heavy atom. The van der Waals surface area contributed by atoms with Crippen LogP contribution in [0.4, 0.5) is 14.6 Å². The first kappa shape index (κ1) is 17.1. The van der Waals surface area contributed by atoms with Crippen LogP contribution in [0.5, 0.6) is 5.75 Å². The number of halogens is 2. The van der Waals surface area contributed by atoms with E-state index in [1.54, 1.807) is 6.20 Å². The van der Waals surface area contributed by atoms with Gasteiger partial charge >= 0.3 is 0 Å². The number of carbonyl (C=O) groups excluding carboxylic acids is 1. The van der Waals surface area contributed by atoms with Gasteiger partial charge in [0, 0.05) is 31.9 Å². The minimum Gasteiger partial charge on any atom is -0.481 e. The molecule has 3 rings (SSSR count). The van der Waals surface area contributed by atoms with Crippen LogP contribution in [0.25, 0.3) is 0 Å². The standard InChI is InChI=1S/C18H19F2N3O2/c19-14-3-4-16(15(20)10-14)25-12-18(24)22-11-13-5-6-21-17(9-13)23-7-1-2-8-23/h3-6,9-10H,1-2,7-8,11-12H2,(H,22,24). The number of pyridine rings is 1. The van der Waals surface area contributed by atoms with Crippen molar-refractivity contribution in [3.8, 4) is 5.75 Å². The molecule has 0 radical (unpaired) electrons. The summed E-state index contributed by atoms with van der Waals surface area (Å²) in [5.41, 5.74) is 0.929. The first-order valence-corrected chi connectivity index (χ1v) is 8.16. The van der Waals surface area contributed by atoms with Crippen LogP contribution in [0, 0.1) is 11.6 Å². The second-order valence-electron chi connectivity index (χ2n) is 5.86. The van der Waals surface area contributed by atoms with Gasteiger partial charge in [-0.3, -0.25) is 4.79 Å². The summed E-state index contributed by atoms with van der Waals surface area (Å²) >= 11 is 0. The molecule has 1 aromatic carbocycles. The molecule has 0 bridgehead atoms. The van der Waals surface area contributed by atoms with Crippen LogP contribution in [-0.2, 0) is 11.3 Å². The van der Waals surface area contributed by atoms with Gasteiger partial charge in [-0.25, -0.2) is 13.8 Å². The van der Waals surface area contributed by atoms with Crippen LogP contribution in [0.1, 0.15) is 18.4 Å². The van der Waals surface area contributed by atoms with Crippen molar-refractivity contribution in [1.29, 1.82) is 0 Å². The molecule has 132 valence electrons. The van der Waals surface area contributed by atoms with Crippen molar-refractivity contribution in [3.05, 3.63) is 53.7 Å². The van der Waals surface area contributed by atoms with Gasteiger partial charge in [0.15, 0.2) is 18.2 Å². The lowest BCUT2D eigenvalue weighted by Crippen LogP contribution is -2.28. The van der Waals surface area contributed by atoms with E-state index in [-0.39, 0.29) is 18.3 Å². The van der Waals surface area contributed by atoms with E-state index in [9.17, 15) is 13.6 Å². The first-order valence-electron chi connectivity index (χ1n) is 8.16. The van der Waals surface area contributed by atoms with Crippen LogP contribution in [0.3, 0.4) is 0 Å². The molecule has 1 saturated heterocycles. The van der Waals surface area contributed by atoms with E-state index in [0.29, 0.717) is 12.6 Å². The molecule has 0 atom stereocenters. The topological polar surface area (TPSA) is 54.5 Å². The molecule has 7 heteroatoms. The zero-order valence-corrected chi connectivity index (χ0v) is 13.7. The van der Waals surface area contributed by atoms with Gasteiger partial charge in [-0.05, 0) is 42.7 Å². The SMILES string of the molecule is O=C(COc1ccc(F)cc1F)NCc1ccnc(N2CCCC2)c1. The summed E-state index contributed by atoms with van der Waals surface area (Å²) in [6.07, 6.45) is 4.05. The van der Waals surface area contributed by atoms with Gasteiger partial charge < -0.3 is 15.0 Å². The van der Waals surface area contributed by atoms with Crippen molar-refractivity contribution in [2.75, 3.05) is 24.6 Å². The Morgan fingerprint density at radius 2 is 2.00 bits per heavy atom. The number of nitrogens with one attached hydrogen (secondary N) is 1. The maximum Gasteiger partial charge on any atom is 0.258 e.